The minimum absolute atomic E-state index is 0.00231. The van der Waals surface area contributed by atoms with E-state index in [1.807, 2.05) is 39.8 Å². The van der Waals surface area contributed by atoms with Crippen LogP contribution in [0.2, 0.25) is 0 Å². The van der Waals surface area contributed by atoms with Crippen LogP contribution in [-0.4, -0.2) is 10.9 Å². The van der Waals surface area contributed by atoms with Crippen molar-refractivity contribution in [3.05, 3.63) is 23.4 Å². The lowest BCUT2D eigenvalue weighted by atomic mass is 10.2. The highest BCUT2D eigenvalue weighted by Crippen LogP contribution is 2.10. The van der Waals surface area contributed by atoms with Gasteiger partial charge in [0.15, 0.2) is 0 Å². The molecule has 0 saturated heterocycles. The Morgan fingerprint density at radius 3 is 2.50 bits per heavy atom. The van der Waals surface area contributed by atoms with E-state index in [0.29, 0.717) is 5.82 Å². The van der Waals surface area contributed by atoms with Gasteiger partial charge in [0, 0.05) is 11.6 Å². The fourth-order valence-corrected chi connectivity index (χ4v) is 1.18. The molecular formula is C11H16N2O. The van der Waals surface area contributed by atoms with Gasteiger partial charge in [0.25, 0.3) is 0 Å². The Labute approximate surface area is 84.6 Å². The number of anilines is 1. The summed E-state index contributed by atoms with van der Waals surface area (Å²) in [5.41, 5.74) is 2.03. The fraction of sp³-hybridized carbons (Fsp3) is 0.455. The van der Waals surface area contributed by atoms with Gasteiger partial charge in [-0.15, -0.1) is 0 Å². The Morgan fingerprint density at radius 2 is 2.00 bits per heavy atom. The summed E-state index contributed by atoms with van der Waals surface area (Å²) in [6.07, 6.45) is 0. The average Bonchev–Trinajstić information content (AvgIpc) is 2.01. The number of aromatic nitrogens is 1. The number of pyridine rings is 1. The Morgan fingerprint density at radius 1 is 1.36 bits per heavy atom. The number of rotatable bonds is 2. The molecule has 1 aromatic heterocycles. The number of hydrogen-bond acceptors (Lipinski definition) is 2. The Balaban J connectivity index is 2.82. The number of nitrogens with zero attached hydrogens (tertiary/aromatic N) is 1. The predicted octanol–water partition coefficient (Wildman–Crippen LogP) is 2.29. The predicted molar refractivity (Wildman–Crippen MR) is 57.2 cm³/mol. The van der Waals surface area contributed by atoms with Crippen molar-refractivity contribution < 1.29 is 4.79 Å². The van der Waals surface area contributed by atoms with E-state index in [4.69, 9.17) is 0 Å². The van der Waals surface area contributed by atoms with Gasteiger partial charge < -0.3 is 5.32 Å². The maximum Gasteiger partial charge on any atom is 0.228 e. The van der Waals surface area contributed by atoms with E-state index in [0.717, 1.165) is 11.3 Å². The van der Waals surface area contributed by atoms with Crippen LogP contribution in [0.5, 0.6) is 0 Å². The number of aryl methyl sites for hydroxylation is 2. The summed E-state index contributed by atoms with van der Waals surface area (Å²) < 4.78 is 0. The molecule has 1 rings (SSSR count). The van der Waals surface area contributed by atoms with Crippen molar-refractivity contribution >= 4 is 11.7 Å². The van der Waals surface area contributed by atoms with Crippen LogP contribution >= 0.6 is 0 Å². The molecule has 0 atom stereocenters. The van der Waals surface area contributed by atoms with Crippen molar-refractivity contribution in [3.63, 3.8) is 0 Å². The second-order valence-corrected chi connectivity index (χ2v) is 3.82. The maximum absolute atomic E-state index is 11.4. The van der Waals surface area contributed by atoms with Gasteiger partial charge >= 0.3 is 0 Å². The lowest BCUT2D eigenvalue weighted by Crippen LogP contribution is -2.18. The maximum atomic E-state index is 11.4. The highest BCUT2D eigenvalue weighted by Gasteiger charge is 2.07. The number of amides is 1. The van der Waals surface area contributed by atoms with E-state index in [9.17, 15) is 4.79 Å². The molecule has 0 radical (unpaired) electrons. The van der Waals surface area contributed by atoms with Gasteiger partial charge in [-0.3, -0.25) is 4.79 Å². The summed E-state index contributed by atoms with van der Waals surface area (Å²) in [6, 6.07) is 3.85. The molecule has 0 aliphatic rings. The normalized spacial score (nSPS) is 10.4. The minimum atomic E-state index is -0.0161. The molecule has 14 heavy (non-hydrogen) atoms. The van der Waals surface area contributed by atoms with Crippen LogP contribution in [-0.2, 0) is 4.79 Å². The standard InChI is InChI=1S/C11H16N2O/c1-7(2)11(14)13-10-6-8(3)5-9(4)12-10/h5-7H,1-4H3,(H,12,13,14). The topological polar surface area (TPSA) is 42.0 Å². The first-order valence-electron chi connectivity index (χ1n) is 4.75. The van der Waals surface area contributed by atoms with Crippen LogP contribution < -0.4 is 5.32 Å². The zero-order valence-corrected chi connectivity index (χ0v) is 9.09. The second kappa shape index (κ2) is 4.22. The summed E-state index contributed by atoms with van der Waals surface area (Å²) in [5, 5.41) is 2.77. The minimum Gasteiger partial charge on any atom is -0.310 e. The quantitative estimate of drug-likeness (QED) is 0.781. The van der Waals surface area contributed by atoms with Gasteiger partial charge in [0.1, 0.15) is 5.82 Å². The highest BCUT2D eigenvalue weighted by atomic mass is 16.1. The zero-order valence-electron chi connectivity index (χ0n) is 9.09. The smallest absolute Gasteiger partial charge is 0.228 e. The molecule has 0 aliphatic heterocycles. The zero-order chi connectivity index (χ0) is 10.7. The Bertz CT molecular complexity index is 325. The van der Waals surface area contributed by atoms with E-state index in [1.54, 1.807) is 0 Å². The molecule has 0 saturated carbocycles. The third-order valence-corrected chi connectivity index (χ3v) is 1.87. The molecule has 1 heterocycles. The number of carbonyl (C=O) groups is 1. The molecule has 3 heteroatoms. The van der Waals surface area contributed by atoms with Gasteiger partial charge in [-0.25, -0.2) is 4.98 Å². The number of nitrogens with one attached hydrogen (secondary N) is 1. The Hall–Kier alpha value is -1.38. The molecule has 1 aromatic rings. The van der Waals surface area contributed by atoms with E-state index in [2.05, 4.69) is 10.3 Å². The van der Waals surface area contributed by atoms with Crippen molar-refractivity contribution in [2.75, 3.05) is 5.32 Å². The fourth-order valence-electron chi connectivity index (χ4n) is 1.18. The van der Waals surface area contributed by atoms with E-state index >= 15 is 0 Å². The lowest BCUT2D eigenvalue weighted by molar-refractivity contribution is -0.118. The van der Waals surface area contributed by atoms with Crippen LogP contribution in [0.15, 0.2) is 12.1 Å². The van der Waals surface area contributed by atoms with Crippen molar-refractivity contribution in [2.24, 2.45) is 5.92 Å². The summed E-state index contributed by atoms with van der Waals surface area (Å²) in [5.74, 6) is 0.626. The van der Waals surface area contributed by atoms with Crippen LogP contribution in [0.4, 0.5) is 5.82 Å². The number of carbonyl (C=O) groups excluding carboxylic acids is 1. The van der Waals surface area contributed by atoms with Gasteiger partial charge in [0.05, 0.1) is 0 Å². The third-order valence-electron chi connectivity index (χ3n) is 1.87. The van der Waals surface area contributed by atoms with Crippen molar-refractivity contribution in [3.8, 4) is 0 Å². The highest BCUT2D eigenvalue weighted by molar-refractivity contribution is 5.91. The number of hydrogen-bond donors (Lipinski definition) is 1. The molecule has 1 N–H and O–H groups in total. The molecule has 76 valence electrons. The van der Waals surface area contributed by atoms with Crippen LogP contribution in [0.3, 0.4) is 0 Å². The summed E-state index contributed by atoms with van der Waals surface area (Å²) in [4.78, 5) is 15.6. The van der Waals surface area contributed by atoms with Crippen LogP contribution in [0.25, 0.3) is 0 Å². The summed E-state index contributed by atoms with van der Waals surface area (Å²) in [6.45, 7) is 7.62. The first-order chi connectivity index (χ1) is 6.49. The van der Waals surface area contributed by atoms with E-state index < -0.39 is 0 Å². The van der Waals surface area contributed by atoms with Gasteiger partial charge in [-0.2, -0.15) is 0 Å². The summed E-state index contributed by atoms with van der Waals surface area (Å²) in [7, 11) is 0. The first-order valence-corrected chi connectivity index (χ1v) is 4.75. The molecule has 0 aromatic carbocycles. The molecule has 0 unspecified atom stereocenters. The van der Waals surface area contributed by atoms with Crippen molar-refractivity contribution in [2.45, 2.75) is 27.7 Å². The van der Waals surface area contributed by atoms with Gasteiger partial charge in [-0.1, -0.05) is 13.8 Å². The molecule has 0 bridgehead atoms. The summed E-state index contributed by atoms with van der Waals surface area (Å²) >= 11 is 0. The largest absolute Gasteiger partial charge is 0.310 e. The van der Waals surface area contributed by atoms with Crippen LogP contribution in [0, 0.1) is 19.8 Å². The van der Waals surface area contributed by atoms with E-state index in [1.165, 1.54) is 0 Å². The van der Waals surface area contributed by atoms with Crippen LogP contribution in [0.1, 0.15) is 25.1 Å². The molecule has 3 nitrogen and oxygen atoms in total. The SMILES string of the molecule is Cc1cc(C)nc(NC(=O)C(C)C)c1. The molecule has 1 amide bonds. The van der Waals surface area contributed by atoms with Gasteiger partial charge in [-0.05, 0) is 31.5 Å². The Kier molecular flexibility index (Phi) is 3.23. The second-order valence-electron chi connectivity index (χ2n) is 3.82. The monoisotopic (exact) mass is 192 g/mol. The lowest BCUT2D eigenvalue weighted by Gasteiger charge is -2.08. The molecular weight excluding hydrogens is 176 g/mol. The van der Waals surface area contributed by atoms with E-state index in [-0.39, 0.29) is 11.8 Å². The molecule has 0 spiro atoms. The average molecular weight is 192 g/mol. The third kappa shape index (κ3) is 2.83. The first kappa shape index (κ1) is 10.7. The van der Waals surface area contributed by atoms with Crippen molar-refractivity contribution in [1.82, 2.24) is 4.98 Å². The molecule has 0 fully saturated rings. The van der Waals surface area contributed by atoms with Gasteiger partial charge in [0.2, 0.25) is 5.91 Å². The molecule has 0 aliphatic carbocycles. The van der Waals surface area contributed by atoms with Crippen molar-refractivity contribution in [1.29, 1.82) is 0 Å².